The summed E-state index contributed by atoms with van der Waals surface area (Å²) in [4.78, 5) is 6.80. The standard InChI is InChI=1S/C13H13Cl2FN2/c14-9-6-10-8(12(15)13(9)16)7-18-5-3-1-2-4-11(18)17-10/h6H,1-5,7H2. The van der Waals surface area contributed by atoms with Gasteiger partial charge in [-0.2, -0.15) is 0 Å². The zero-order valence-corrected chi connectivity index (χ0v) is 11.4. The second-order valence-electron chi connectivity index (χ2n) is 4.74. The molecule has 0 aliphatic carbocycles. The molecular formula is C13H13Cl2FN2. The molecule has 0 amide bonds. The highest BCUT2D eigenvalue weighted by Crippen LogP contribution is 2.38. The summed E-state index contributed by atoms with van der Waals surface area (Å²) < 4.78 is 13.7. The van der Waals surface area contributed by atoms with Crippen molar-refractivity contribution in [2.75, 3.05) is 6.54 Å². The summed E-state index contributed by atoms with van der Waals surface area (Å²) in [7, 11) is 0. The van der Waals surface area contributed by atoms with E-state index >= 15 is 0 Å². The number of halogens is 3. The minimum absolute atomic E-state index is 0.0465. The minimum atomic E-state index is -0.537. The molecule has 0 N–H and O–H groups in total. The van der Waals surface area contributed by atoms with Gasteiger partial charge in [-0.25, -0.2) is 9.38 Å². The Hall–Kier alpha value is -0.800. The maximum Gasteiger partial charge on any atom is 0.160 e. The summed E-state index contributed by atoms with van der Waals surface area (Å²) in [6.07, 6.45) is 4.51. The molecular weight excluding hydrogens is 274 g/mol. The van der Waals surface area contributed by atoms with Gasteiger partial charge in [0.25, 0.3) is 0 Å². The van der Waals surface area contributed by atoms with Crippen molar-refractivity contribution in [2.45, 2.75) is 32.2 Å². The van der Waals surface area contributed by atoms with Crippen molar-refractivity contribution < 1.29 is 4.39 Å². The van der Waals surface area contributed by atoms with Gasteiger partial charge in [0.2, 0.25) is 0 Å². The summed E-state index contributed by atoms with van der Waals surface area (Å²) in [5.41, 5.74) is 1.48. The molecule has 1 saturated heterocycles. The average molecular weight is 287 g/mol. The lowest BCUT2D eigenvalue weighted by molar-refractivity contribution is 0.402. The highest BCUT2D eigenvalue weighted by molar-refractivity contribution is 6.36. The van der Waals surface area contributed by atoms with Crippen LogP contribution in [0, 0.1) is 5.82 Å². The highest BCUT2D eigenvalue weighted by Gasteiger charge is 2.25. The Labute approximate surface area is 115 Å². The number of amidine groups is 1. The Bertz CT molecular complexity index is 528. The van der Waals surface area contributed by atoms with E-state index in [1.165, 1.54) is 6.42 Å². The number of hydrogen-bond donors (Lipinski definition) is 0. The van der Waals surface area contributed by atoms with Crippen molar-refractivity contribution in [3.8, 4) is 0 Å². The van der Waals surface area contributed by atoms with E-state index in [4.69, 9.17) is 23.2 Å². The van der Waals surface area contributed by atoms with E-state index in [9.17, 15) is 4.39 Å². The quantitative estimate of drug-likeness (QED) is 0.639. The molecule has 0 spiro atoms. The summed E-state index contributed by atoms with van der Waals surface area (Å²) in [5.74, 6) is 0.546. The van der Waals surface area contributed by atoms with Crippen LogP contribution in [0.1, 0.15) is 31.2 Å². The van der Waals surface area contributed by atoms with E-state index in [0.29, 0.717) is 6.54 Å². The summed E-state index contributed by atoms with van der Waals surface area (Å²) >= 11 is 11.8. The third-order valence-electron chi connectivity index (χ3n) is 3.53. The molecule has 2 aliphatic rings. The van der Waals surface area contributed by atoms with E-state index in [1.807, 2.05) is 0 Å². The van der Waals surface area contributed by atoms with Gasteiger partial charge in [0.15, 0.2) is 5.82 Å². The molecule has 5 heteroatoms. The Kier molecular flexibility index (Phi) is 3.20. The average Bonchev–Trinajstić information content (AvgIpc) is 2.59. The van der Waals surface area contributed by atoms with E-state index in [-0.39, 0.29) is 10.0 Å². The first-order chi connectivity index (χ1) is 8.66. The second-order valence-corrected chi connectivity index (χ2v) is 5.53. The van der Waals surface area contributed by atoms with Crippen LogP contribution in [-0.2, 0) is 6.54 Å². The first kappa shape index (κ1) is 12.2. The normalized spacial score (nSPS) is 18.8. The summed E-state index contributed by atoms with van der Waals surface area (Å²) in [5, 5.41) is 0.162. The van der Waals surface area contributed by atoms with Crippen LogP contribution >= 0.6 is 23.2 Å². The fraction of sp³-hybridized carbons (Fsp3) is 0.462. The molecule has 2 aliphatic heterocycles. The van der Waals surface area contributed by atoms with Gasteiger partial charge >= 0.3 is 0 Å². The molecule has 0 radical (unpaired) electrons. The van der Waals surface area contributed by atoms with Crippen molar-refractivity contribution in [3.63, 3.8) is 0 Å². The highest BCUT2D eigenvalue weighted by atomic mass is 35.5. The van der Waals surface area contributed by atoms with Crippen molar-refractivity contribution in [1.29, 1.82) is 0 Å². The smallest absolute Gasteiger partial charge is 0.160 e. The van der Waals surface area contributed by atoms with Gasteiger partial charge in [-0.3, -0.25) is 0 Å². The Balaban J connectivity index is 2.09. The van der Waals surface area contributed by atoms with Crippen molar-refractivity contribution in [1.82, 2.24) is 4.90 Å². The third-order valence-corrected chi connectivity index (χ3v) is 4.20. The van der Waals surface area contributed by atoms with Crippen LogP contribution in [0.4, 0.5) is 10.1 Å². The molecule has 0 unspecified atom stereocenters. The van der Waals surface area contributed by atoms with Crippen molar-refractivity contribution in [2.24, 2.45) is 4.99 Å². The molecule has 0 saturated carbocycles. The SMILES string of the molecule is Fc1c(Cl)cc2c(c1Cl)CN1CCCCCC1=N2. The molecule has 1 aromatic rings. The largest absolute Gasteiger partial charge is 0.356 e. The van der Waals surface area contributed by atoms with Gasteiger partial charge in [-0.15, -0.1) is 0 Å². The topological polar surface area (TPSA) is 15.6 Å². The Morgan fingerprint density at radius 2 is 2.06 bits per heavy atom. The first-order valence-corrected chi connectivity index (χ1v) is 6.91. The van der Waals surface area contributed by atoms with Crippen LogP contribution in [0.2, 0.25) is 10.0 Å². The Morgan fingerprint density at radius 3 is 2.89 bits per heavy atom. The van der Waals surface area contributed by atoms with Gasteiger partial charge in [0.1, 0.15) is 5.84 Å². The number of benzene rings is 1. The number of aliphatic imine (C=N–C) groups is 1. The summed E-state index contributed by atoms with van der Waals surface area (Å²) in [6.45, 7) is 1.61. The van der Waals surface area contributed by atoms with Crippen LogP contribution in [-0.4, -0.2) is 17.3 Å². The van der Waals surface area contributed by atoms with Gasteiger partial charge in [-0.05, 0) is 18.9 Å². The van der Waals surface area contributed by atoms with E-state index in [1.54, 1.807) is 6.07 Å². The molecule has 0 aromatic heterocycles. The van der Waals surface area contributed by atoms with E-state index in [2.05, 4.69) is 9.89 Å². The molecule has 96 valence electrons. The van der Waals surface area contributed by atoms with Gasteiger partial charge in [0, 0.05) is 25.1 Å². The van der Waals surface area contributed by atoms with Gasteiger partial charge in [-0.1, -0.05) is 29.6 Å². The lowest BCUT2D eigenvalue weighted by Crippen LogP contribution is -2.32. The Morgan fingerprint density at radius 1 is 1.22 bits per heavy atom. The molecule has 2 nitrogen and oxygen atoms in total. The maximum absolute atomic E-state index is 13.7. The predicted molar refractivity (Wildman–Crippen MR) is 72.4 cm³/mol. The fourth-order valence-corrected chi connectivity index (χ4v) is 3.05. The van der Waals surface area contributed by atoms with Crippen LogP contribution in [0.15, 0.2) is 11.1 Å². The maximum atomic E-state index is 13.7. The first-order valence-electron chi connectivity index (χ1n) is 6.15. The zero-order chi connectivity index (χ0) is 12.7. The minimum Gasteiger partial charge on any atom is -0.356 e. The molecule has 2 heterocycles. The van der Waals surface area contributed by atoms with Crippen molar-refractivity contribution >= 4 is 34.7 Å². The van der Waals surface area contributed by atoms with Gasteiger partial charge in [0.05, 0.1) is 15.7 Å². The predicted octanol–water partition coefficient (Wildman–Crippen LogP) is 4.55. The molecule has 1 aromatic carbocycles. The number of rotatable bonds is 0. The molecule has 3 rings (SSSR count). The lowest BCUT2D eigenvalue weighted by Gasteiger charge is -2.29. The number of fused-ring (bicyclic) bond motifs is 2. The van der Waals surface area contributed by atoms with Crippen LogP contribution in [0.5, 0.6) is 0 Å². The van der Waals surface area contributed by atoms with Crippen LogP contribution < -0.4 is 0 Å². The van der Waals surface area contributed by atoms with Crippen LogP contribution in [0.3, 0.4) is 0 Å². The number of nitrogens with zero attached hydrogens (tertiary/aromatic N) is 2. The molecule has 0 bridgehead atoms. The molecule has 0 atom stereocenters. The molecule has 1 fully saturated rings. The fourth-order valence-electron chi connectivity index (χ4n) is 2.55. The zero-order valence-electron chi connectivity index (χ0n) is 9.85. The van der Waals surface area contributed by atoms with Crippen LogP contribution in [0.25, 0.3) is 0 Å². The molecule has 18 heavy (non-hydrogen) atoms. The lowest BCUT2D eigenvalue weighted by atomic mass is 10.1. The van der Waals surface area contributed by atoms with E-state index < -0.39 is 5.82 Å². The second kappa shape index (κ2) is 4.71. The van der Waals surface area contributed by atoms with Crippen molar-refractivity contribution in [3.05, 3.63) is 27.5 Å². The third kappa shape index (κ3) is 1.99. The number of hydrogen-bond acceptors (Lipinski definition) is 2. The monoisotopic (exact) mass is 286 g/mol. The summed E-state index contributed by atoms with van der Waals surface area (Å²) in [6, 6.07) is 1.58. The van der Waals surface area contributed by atoms with Gasteiger partial charge < -0.3 is 4.90 Å². The van der Waals surface area contributed by atoms with E-state index in [0.717, 1.165) is 42.9 Å².